The van der Waals surface area contributed by atoms with E-state index in [9.17, 15) is 0 Å². The van der Waals surface area contributed by atoms with E-state index >= 15 is 0 Å². The number of rotatable bonds is 5. The Morgan fingerprint density at radius 3 is 1.85 bits per heavy atom. The van der Waals surface area contributed by atoms with Gasteiger partial charge in [-0.2, -0.15) is 0 Å². The van der Waals surface area contributed by atoms with Gasteiger partial charge in [0.2, 0.25) is 0 Å². The molecule has 2 heteroatoms. The molecule has 306 valence electrons. The van der Waals surface area contributed by atoms with E-state index in [1.165, 1.54) is 105 Å². The van der Waals surface area contributed by atoms with Crippen LogP contribution in [0.2, 0.25) is 0 Å². The maximum absolute atomic E-state index is 6.98. The van der Waals surface area contributed by atoms with E-state index in [4.69, 9.17) is 4.74 Å². The Bertz CT molecular complexity index is 2900. The van der Waals surface area contributed by atoms with Crippen molar-refractivity contribution in [2.45, 2.75) is 87.9 Å². The SMILES string of the molecule is CC1(C)CCC(C)(C)c2c(N(c3ccc4c(c3)C(c3ccccc3)(c3ccccc3)c3ccccc3-4)c3ccc4c(c3)C3(c5ccccc5O4)C4CC5CC(C4)C3C5)cccc21. The minimum absolute atomic E-state index is 0.00849. The number of hydrogen-bond donors (Lipinski definition) is 0. The van der Waals surface area contributed by atoms with E-state index in [0.717, 1.165) is 29.8 Å². The summed E-state index contributed by atoms with van der Waals surface area (Å²) in [5, 5.41) is 0. The van der Waals surface area contributed by atoms with Crippen LogP contribution in [0.3, 0.4) is 0 Å². The quantitative estimate of drug-likeness (QED) is 0.172. The zero-order chi connectivity index (χ0) is 41.6. The molecule has 14 rings (SSSR count). The smallest absolute Gasteiger partial charge is 0.131 e. The van der Waals surface area contributed by atoms with Crippen LogP contribution in [-0.4, -0.2) is 0 Å². The van der Waals surface area contributed by atoms with Gasteiger partial charge in [0.1, 0.15) is 11.5 Å². The zero-order valence-electron chi connectivity index (χ0n) is 36.5. The monoisotopic (exact) mass is 805 g/mol. The second kappa shape index (κ2) is 12.9. The number of anilines is 3. The number of ether oxygens (including phenoxy) is 1. The van der Waals surface area contributed by atoms with Gasteiger partial charge in [-0.1, -0.05) is 149 Å². The number of para-hydroxylation sites is 1. The Morgan fingerprint density at radius 1 is 0.484 bits per heavy atom. The van der Waals surface area contributed by atoms with Gasteiger partial charge in [-0.25, -0.2) is 0 Å². The van der Waals surface area contributed by atoms with Crippen LogP contribution in [0, 0.1) is 23.7 Å². The third kappa shape index (κ3) is 4.76. The van der Waals surface area contributed by atoms with Gasteiger partial charge in [0.25, 0.3) is 0 Å². The lowest BCUT2D eigenvalue weighted by molar-refractivity contribution is 0.173. The summed E-state index contributed by atoms with van der Waals surface area (Å²) in [7, 11) is 0. The van der Waals surface area contributed by atoms with Crippen molar-refractivity contribution in [3.63, 3.8) is 0 Å². The first-order valence-electron chi connectivity index (χ1n) is 23.4. The molecule has 1 spiro atoms. The highest BCUT2D eigenvalue weighted by Crippen LogP contribution is 2.73. The van der Waals surface area contributed by atoms with Crippen LogP contribution in [0.15, 0.2) is 164 Å². The zero-order valence-corrected chi connectivity index (χ0v) is 36.5. The normalized spacial score (nSPS) is 25.6. The largest absolute Gasteiger partial charge is 0.457 e. The van der Waals surface area contributed by atoms with Crippen molar-refractivity contribution in [2.24, 2.45) is 23.7 Å². The minimum atomic E-state index is -0.493. The van der Waals surface area contributed by atoms with Gasteiger partial charge in [-0.15, -0.1) is 0 Å². The van der Waals surface area contributed by atoms with E-state index in [-0.39, 0.29) is 16.2 Å². The van der Waals surface area contributed by atoms with Crippen LogP contribution in [-0.2, 0) is 21.7 Å². The summed E-state index contributed by atoms with van der Waals surface area (Å²) in [5.41, 5.74) is 16.9. The highest BCUT2D eigenvalue weighted by atomic mass is 16.5. The molecule has 7 aliphatic rings. The van der Waals surface area contributed by atoms with E-state index in [0.29, 0.717) is 11.8 Å². The van der Waals surface area contributed by atoms with Gasteiger partial charge >= 0.3 is 0 Å². The lowest BCUT2D eigenvalue weighted by Crippen LogP contribution is -2.44. The van der Waals surface area contributed by atoms with Crippen molar-refractivity contribution in [2.75, 3.05) is 4.90 Å². The molecule has 4 saturated carbocycles. The number of nitrogens with zero attached hydrogens (tertiary/aromatic N) is 1. The lowest BCUT2D eigenvalue weighted by Gasteiger charge is -2.49. The van der Waals surface area contributed by atoms with Gasteiger partial charge in [-0.3, -0.25) is 0 Å². The molecule has 2 nitrogen and oxygen atoms in total. The Hall–Kier alpha value is -5.86. The molecule has 1 heterocycles. The first-order chi connectivity index (χ1) is 30.2. The van der Waals surface area contributed by atoms with E-state index in [1.807, 2.05) is 0 Å². The molecule has 5 unspecified atom stereocenters. The van der Waals surface area contributed by atoms with Gasteiger partial charge in [0.05, 0.1) is 11.1 Å². The predicted octanol–water partition coefficient (Wildman–Crippen LogP) is 15.3. The van der Waals surface area contributed by atoms with E-state index < -0.39 is 5.41 Å². The van der Waals surface area contributed by atoms with Gasteiger partial charge in [0.15, 0.2) is 0 Å². The minimum Gasteiger partial charge on any atom is -0.457 e. The first-order valence-corrected chi connectivity index (χ1v) is 23.4. The molecule has 0 aromatic heterocycles. The summed E-state index contributed by atoms with van der Waals surface area (Å²) in [6, 6.07) is 62.6. The molecular formula is C60H55NO. The molecule has 4 fully saturated rings. The molecule has 4 bridgehead atoms. The third-order valence-corrected chi connectivity index (χ3v) is 17.2. The van der Waals surface area contributed by atoms with Crippen LogP contribution >= 0.6 is 0 Å². The summed E-state index contributed by atoms with van der Waals surface area (Å²) >= 11 is 0. The van der Waals surface area contributed by atoms with Crippen molar-refractivity contribution in [3.8, 4) is 22.6 Å². The maximum atomic E-state index is 6.98. The average Bonchev–Trinajstić information content (AvgIpc) is 3.85. The Labute approximate surface area is 367 Å². The molecule has 5 atom stereocenters. The second-order valence-corrected chi connectivity index (χ2v) is 21.1. The van der Waals surface area contributed by atoms with E-state index in [1.54, 1.807) is 0 Å². The van der Waals surface area contributed by atoms with Crippen molar-refractivity contribution in [3.05, 3.63) is 208 Å². The van der Waals surface area contributed by atoms with E-state index in [2.05, 4.69) is 196 Å². The second-order valence-electron chi connectivity index (χ2n) is 21.1. The van der Waals surface area contributed by atoms with Crippen LogP contribution in [0.4, 0.5) is 17.1 Å². The molecule has 7 aromatic rings. The number of hydrogen-bond acceptors (Lipinski definition) is 2. The van der Waals surface area contributed by atoms with Crippen LogP contribution in [0.5, 0.6) is 11.5 Å². The van der Waals surface area contributed by atoms with Gasteiger partial charge in [0, 0.05) is 27.9 Å². The Balaban J connectivity index is 1.10. The van der Waals surface area contributed by atoms with Crippen molar-refractivity contribution in [1.82, 2.24) is 0 Å². The predicted molar refractivity (Wildman–Crippen MR) is 253 cm³/mol. The summed E-state index contributed by atoms with van der Waals surface area (Å²) in [4.78, 5) is 2.66. The first kappa shape index (κ1) is 36.8. The highest BCUT2D eigenvalue weighted by molar-refractivity contribution is 5.90. The molecule has 6 aliphatic carbocycles. The Kier molecular flexibility index (Phi) is 7.62. The summed E-state index contributed by atoms with van der Waals surface area (Å²) in [6.45, 7) is 9.88. The topological polar surface area (TPSA) is 12.5 Å². The molecule has 0 amide bonds. The van der Waals surface area contributed by atoms with Crippen LogP contribution in [0.25, 0.3) is 11.1 Å². The standard InChI is InChI=1S/C60H55NO/c1-57(2)30-31-58(3,4)56-49(57)23-15-24-53(56)61(44-27-29-55-52(37-44)60(48-22-13-14-25-54(48)62-55)42-33-38-32-39(35-42)50(60)34-38)43-26-28-46-45-20-11-12-21-47(45)59(51(46)36-43,40-16-7-5-8-17-40)41-18-9-6-10-19-41/h5-29,36-39,42,50H,30-35H2,1-4H3. The third-order valence-electron chi connectivity index (χ3n) is 17.2. The fraction of sp³-hybridized carbons (Fsp3) is 0.300. The molecular weight excluding hydrogens is 751 g/mol. The van der Waals surface area contributed by atoms with Gasteiger partial charge in [-0.05, 0) is 160 Å². The van der Waals surface area contributed by atoms with Gasteiger partial charge < -0.3 is 9.64 Å². The number of fused-ring (bicyclic) bond motifs is 6. The van der Waals surface area contributed by atoms with Crippen molar-refractivity contribution in [1.29, 1.82) is 0 Å². The summed E-state index contributed by atoms with van der Waals surface area (Å²) in [5.74, 6) is 5.08. The average molecular weight is 806 g/mol. The lowest BCUT2D eigenvalue weighted by atomic mass is 9.56. The van der Waals surface area contributed by atoms with Crippen LogP contribution < -0.4 is 9.64 Å². The fourth-order valence-corrected chi connectivity index (χ4v) is 14.7. The molecule has 0 N–H and O–H groups in total. The molecule has 0 saturated heterocycles. The molecule has 62 heavy (non-hydrogen) atoms. The van der Waals surface area contributed by atoms with Crippen LogP contribution in [0.1, 0.15) is 111 Å². The fourth-order valence-electron chi connectivity index (χ4n) is 14.7. The van der Waals surface area contributed by atoms with Crippen molar-refractivity contribution >= 4 is 17.1 Å². The molecule has 7 aromatic carbocycles. The summed E-state index contributed by atoms with van der Waals surface area (Å²) in [6.07, 6.45) is 7.72. The molecule has 0 radical (unpaired) electrons. The molecule has 1 aliphatic heterocycles. The van der Waals surface area contributed by atoms with Crippen molar-refractivity contribution < 1.29 is 4.74 Å². The summed E-state index contributed by atoms with van der Waals surface area (Å²) < 4.78 is 6.98. The maximum Gasteiger partial charge on any atom is 0.131 e. The highest BCUT2D eigenvalue weighted by Gasteiger charge is 2.66. The Morgan fingerprint density at radius 2 is 1.10 bits per heavy atom. The number of benzene rings is 7.